The highest BCUT2D eigenvalue weighted by Crippen LogP contribution is 2.39. The zero-order chi connectivity index (χ0) is 24.9. The van der Waals surface area contributed by atoms with Crippen LogP contribution in [0.4, 0.5) is 0 Å². The number of hydrogen-bond donors (Lipinski definition) is 0. The number of nitrogens with zero attached hydrogens (tertiary/aromatic N) is 2. The lowest BCUT2D eigenvalue weighted by Gasteiger charge is -2.35. The van der Waals surface area contributed by atoms with Gasteiger partial charge in [-0.15, -0.1) is 0 Å². The molecule has 1 fully saturated rings. The first-order valence-electron chi connectivity index (χ1n) is 12.5. The molecule has 2 aliphatic rings. The van der Waals surface area contributed by atoms with Crippen LogP contribution < -0.4 is 0 Å². The summed E-state index contributed by atoms with van der Waals surface area (Å²) in [5, 5.41) is 0. The third-order valence-electron chi connectivity index (χ3n) is 7.04. The van der Waals surface area contributed by atoms with Gasteiger partial charge in [-0.2, -0.15) is 0 Å². The van der Waals surface area contributed by atoms with E-state index in [4.69, 9.17) is 4.74 Å². The molecule has 2 aliphatic heterocycles. The lowest BCUT2D eigenvalue weighted by molar-refractivity contribution is -0.140. The van der Waals surface area contributed by atoms with Gasteiger partial charge in [-0.25, -0.2) is 4.79 Å². The molecule has 1 saturated heterocycles. The number of likely N-dealkylation sites (tertiary alicyclic amines) is 1. The predicted octanol–water partition coefficient (Wildman–Crippen LogP) is 4.97. The van der Waals surface area contributed by atoms with E-state index in [2.05, 4.69) is 0 Å². The number of carbonyl (C=O) groups is 3. The number of allylic oxidation sites excluding steroid dienone is 1. The van der Waals surface area contributed by atoms with E-state index in [1.807, 2.05) is 67.3 Å². The molecular formula is C29H34N2O4. The largest absolute Gasteiger partial charge is 0.463 e. The summed E-state index contributed by atoms with van der Waals surface area (Å²) in [6.07, 6.45) is 3.44. The van der Waals surface area contributed by atoms with Crippen LogP contribution in [0, 0.1) is 6.92 Å². The maximum Gasteiger partial charge on any atom is 0.336 e. The second-order valence-corrected chi connectivity index (χ2v) is 9.37. The number of rotatable bonds is 6. The number of benzene rings is 2. The predicted molar refractivity (Wildman–Crippen MR) is 135 cm³/mol. The molecule has 1 atom stereocenters. The van der Waals surface area contributed by atoms with Crippen LogP contribution in [0.3, 0.4) is 0 Å². The zero-order valence-corrected chi connectivity index (χ0v) is 20.9. The minimum atomic E-state index is -0.384. The first-order chi connectivity index (χ1) is 16.9. The van der Waals surface area contributed by atoms with E-state index in [0.29, 0.717) is 23.4 Å². The fraction of sp³-hybridized carbons (Fsp3) is 0.414. The monoisotopic (exact) mass is 474 g/mol. The average molecular weight is 475 g/mol. The Morgan fingerprint density at radius 2 is 1.74 bits per heavy atom. The third-order valence-corrected chi connectivity index (χ3v) is 7.04. The molecule has 6 nitrogen and oxygen atoms in total. The van der Waals surface area contributed by atoms with Gasteiger partial charge in [0.25, 0.3) is 5.91 Å². The Labute approximate surface area is 207 Å². The van der Waals surface area contributed by atoms with Crippen molar-refractivity contribution in [3.8, 4) is 0 Å². The Kier molecular flexibility index (Phi) is 7.69. The van der Waals surface area contributed by atoms with Crippen LogP contribution >= 0.6 is 0 Å². The van der Waals surface area contributed by atoms with Crippen molar-refractivity contribution in [1.29, 1.82) is 0 Å². The standard InChI is InChI=1S/C29H34N2O4/c1-4-35-29(34)27-21(3)31(26(32)18-25(27)24-14-7-6-11-20(24)2)19-22-12-10-13-23(17-22)28(33)30-15-8-5-9-16-30/h6-7,10-14,17,25H,4-5,8-9,15-16,18-19H2,1-3H3. The van der Waals surface area contributed by atoms with E-state index in [1.165, 1.54) is 6.42 Å². The lowest BCUT2D eigenvalue weighted by atomic mass is 9.81. The Bertz CT molecular complexity index is 1150. The van der Waals surface area contributed by atoms with Crippen LogP contribution in [-0.2, 0) is 20.9 Å². The van der Waals surface area contributed by atoms with E-state index >= 15 is 0 Å². The Balaban J connectivity index is 1.65. The highest BCUT2D eigenvalue weighted by atomic mass is 16.5. The second-order valence-electron chi connectivity index (χ2n) is 9.37. The SMILES string of the molecule is CCOC(=O)C1=C(C)N(Cc2cccc(C(=O)N3CCCCC3)c2)C(=O)CC1c1ccccc1C. The fourth-order valence-electron chi connectivity index (χ4n) is 5.19. The molecule has 1 unspecified atom stereocenters. The van der Waals surface area contributed by atoms with Gasteiger partial charge in [-0.05, 0) is 68.9 Å². The number of carbonyl (C=O) groups excluding carboxylic acids is 3. The molecule has 0 spiro atoms. The van der Waals surface area contributed by atoms with Gasteiger partial charge in [-0.3, -0.25) is 9.59 Å². The number of piperidine rings is 1. The summed E-state index contributed by atoms with van der Waals surface area (Å²) in [6.45, 7) is 7.75. The Morgan fingerprint density at radius 3 is 2.46 bits per heavy atom. The molecule has 2 heterocycles. The van der Waals surface area contributed by atoms with Crippen LogP contribution in [0.1, 0.15) is 72.5 Å². The first-order valence-corrected chi connectivity index (χ1v) is 12.5. The summed E-state index contributed by atoms with van der Waals surface area (Å²) in [4.78, 5) is 43.0. The van der Waals surface area contributed by atoms with Crippen LogP contribution in [0.5, 0.6) is 0 Å². The van der Waals surface area contributed by atoms with Crippen molar-refractivity contribution < 1.29 is 19.1 Å². The van der Waals surface area contributed by atoms with Crippen molar-refractivity contribution in [3.05, 3.63) is 82.1 Å². The average Bonchev–Trinajstić information content (AvgIpc) is 2.87. The molecule has 0 radical (unpaired) electrons. The van der Waals surface area contributed by atoms with Gasteiger partial charge in [0.1, 0.15) is 0 Å². The third kappa shape index (κ3) is 5.31. The van der Waals surface area contributed by atoms with E-state index in [0.717, 1.165) is 42.6 Å². The van der Waals surface area contributed by atoms with Gasteiger partial charge in [-0.1, -0.05) is 36.4 Å². The van der Waals surface area contributed by atoms with Crippen molar-refractivity contribution in [2.24, 2.45) is 0 Å². The van der Waals surface area contributed by atoms with Gasteiger partial charge in [0.15, 0.2) is 0 Å². The molecule has 184 valence electrons. The summed E-state index contributed by atoms with van der Waals surface area (Å²) in [5.74, 6) is -0.733. The van der Waals surface area contributed by atoms with E-state index in [9.17, 15) is 14.4 Å². The van der Waals surface area contributed by atoms with Crippen molar-refractivity contribution in [2.75, 3.05) is 19.7 Å². The Hall–Kier alpha value is -3.41. The fourth-order valence-corrected chi connectivity index (χ4v) is 5.19. The normalized spacial score (nSPS) is 18.6. The minimum Gasteiger partial charge on any atom is -0.463 e. The molecule has 0 saturated carbocycles. The number of esters is 1. The number of aryl methyl sites for hydroxylation is 1. The maximum atomic E-state index is 13.4. The van der Waals surface area contributed by atoms with Crippen LogP contribution in [0.2, 0.25) is 0 Å². The van der Waals surface area contributed by atoms with E-state index in [-0.39, 0.29) is 36.7 Å². The summed E-state index contributed by atoms with van der Waals surface area (Å²) in [7, 11) is 0. The zero-order valence-electron chi connectivity index (χ0n) is 20.9. The molecule has 2 aromatic rings. The summed E-state index contributed by atoms with van der Waals surface area (Å²) in [5.41, 5.74) is 4.65. The van der Waals surface area contributed by atoms with Crippen molar-refractivity contribution >= 4 is 17.8 Å². The summed E-state index contributed by atoms with van der Waals surface area (Å²) >= 11 is 0. The van der Waals surface area contributed by atoms with Crippen LogP contribution in [0.15, 0.2) is 59.8 Å². The number of ether oxygens (including phenoxy) is 1. The smallest absolute Gasteiger partial charge is 0.336 e. The van der Waals surface area contributed by atoms with Gasteiger partial charge < -0.3 is 14.5 Å². The van der Waals surface area contributed by atoms with Gasteiger partial charge in [0.05, 0.1) is 18.7 Å². The molecule has 0 N–H and O–H groups in total. The van der Waals surface area contributed by atoms with E-state index < -0.39 is 0 Å². The van der Waals surface area contributed by atoms with E-state index in [1.54, 1.807) is 11.8 Å². The molecular weight excluding hydrogens is 440 g/mol. The van der Waals surface area contributed by atoms with Crippen molar-refractivity contribution in [2.45, 2.75) is 58.9 Å². The van der Waals surface area contributed by atoms with Crippen LogP contribution in [-0.4, -0.2) is 47.3 Å². The quantitative estimate of drug-likeness (QED) is 0.554. The molecule has 2 aromatic carbocycles. The Morgan fingerprint density at radius 1 is 1.00 bits per heavy atom. The molecule has 6 heteroatoms. The van der Waals surface area contributed by atoms with Crippen molar-refractivity contribution in [3.63, 3.8) is 0 Å². The lowest BCUT2D eigenvalue weighted by Crippen LogP contribution is -2.38. The van der Waals surface area contributed by atoms with Crippen LogP contribution in [0.25, 0.3) is 0 Å². The number of amides is 2. The molecule has 0 aliphatic carbocycles. The molecule has 4 rings (SSSR count). The summed E-state index contributed by atoms with van der Waals surface area (Å²) < 4.78 is 5.41. The minimum absolute atomic E-state index is 0.0376. The molecule has 0 bridgehead atoms. The molecule has 0 aromatic heterocycles. The molecule has 35 heavy (non-hydrogen) atoms. The number of hydrogen-bond acceptors (Lipinski definition) is 4. The highest BCUT2D eigenvalue weighted by molar-refractivity contribution is 5.96. The first kappa shape index (κ1) is 24.7. The van der Waals surface area contributed by atoms with Gasteiger partial charge in [0, 0.05) is 36.7 Å². The topological polar surface area (TPSA) is 66.9 Å². The van der Waals surface area contributed by atoms with Crippen molar-refractivity contribution in [1.82, 2.24) is 9.80 Å². The van der Waals surface area contributed by atoms with Gasteiger partial charge in [0.2, 0.25) is 5.91 Å². The van der Waals surface area contributed by atoms with Gasteiger partial charge >= 0.3 is 5.97 Å². The molecule has 2 amide bonds. The summed E-state index contributed by atoms with van der Waals surface area (Å²) in [6, 6.07) is 15.3. The maximum absolute atomic E-state index is 13.4. The second kappa shape index (κ2) is 10.9. The highest BCUT2D eigenvalue weighted by Gasteiger charge is 2.37.